The zero-order chi connectivity index (χ0) is 29.8. The maximum Gasteiger partial charge on any atom is 0.407 e. The fourth-order valence-corrected chi connectivity index (χ4v) is 6.23. The van der Waals surface area contributed by atoms with E-state index >= 15 is 0 Å². The van der Waals surface area contributed by atoms with Crippen molar-refractivity contribution in [3.63, 3.8) is 0 Å². The van der Waals surface area contributed by atoms with E-state index in [-0.39, 0.29) is 48.4 Å². The van der Waals surface area contributed by atoms with Crippen molar-refractivity contribution in [1.82, 2.24) is 10.2 Å². The van der Waals surface area contributed by atoms with Crippen LogP contribution in [-0.4, -0.2) is 95.3 Å². The predicted octanol–water partition coefficient (Wildman–Crippen LogP) is 0.276. The predicted molar refractivity (Wildman–Crippen MR) is 142 cm³/mol. The van der Waals surface area contributed by atoms with Gasteiger partial charge in [-0.1, -0.05) is 0 Å². The number of ketones is 2. The molecule has 4 rings (SSSR count). The molecule has 0 bridgehead atoms. The number of aliphatic hydroxyl groups excluding tert-OH is 2. The number of amides is 2. The Morgan fingerprint density at radius 3 is 2.38 bits per heavy atom. The van der Waals surface area contributed by atoms with Crippen LogP contribution in [0.25, 0.3) is 5.76 Å². The van der Waals surface area contributed by atoms with Crippen molar-refractivity contribution in [3.8, 4) is 5.75 Å². The lowest BCUT2D eigenvalue weighted by atomic mass is 9.57. The number of Topliss-reactive ketones (excluding diaryl/α,β-unsaturated/α-hetero) is 2. The summed E-state index contributed by atoms with van der Waals surface area (Å²) in [5.41, 5.74) is 2.83. The fourth-order valence-electron chi connectivity index (χ4n) is 6.23. The standard InChI is InChI=1S/C27H34N4O9/c1-6-40-26(38)29-10-12-9-15(30(2)3)13-7-11-8-14-19(31(4)5)22(34)18(25(28)37)24(36)27(14,39)23(35)16(11)21(33)17(13)20(12)32/h9,11,14,19,32-33,36,39H,6-8,10H2,1-5H3,(H2,28,37)(H,29,38)/t11-,14-,19?,27-/m1/s1. The van der Waals surface area contributed by atoms with Gasteiger partial charge in [-0.25, -0.2) is 4.79 Å². The first-order chi connectivity index (χ1) is 18.7. The number of benzene rings is 1. The molecular weight excluding hydrogens is 524 g/mol. The summed E-state index contributed by atoms with van der Waals surface area (Å²) in [6.07, 6.45) is -0.563. The highest BCUT2D eigenvalue weighted by Gasteiger charge is 2.64. The minimum Gasteiger partial charge on any atom is -0.508 e. The quantitative estimate of drug-likeness (QED) is 0.262. The van der Waals surface area contributed by atoms with E-state index in [4.69, 9.17) is 10.5 Å². The number of nitrogens with one attached hydrogen (secondary N) is 1. The summed E-state index contributed by atoms with van der Waals surface area (Å²) in [5, 5.41) is 47.9. The molecule has 216 valence electrons. The Kier molecular flexibility index (Phi) is 7.32. The molecule has 0 saturated heterocycles. The monoisotopic (exact) mass is 558 g/mol. The van der Waals surface area contributed by atoms with E-state index in [0.717, 1.165) is 0 Å². The topological polar surface area (TPSA) is 203 Å². The minimum atomic E-state index is -2.71. The Morgan fingerprint density at radius 1 is 1.18 bits per heavy atom. The van der Waals surface area contributed by atoms with Crippen molar-refractivity contribution < 1.29 is 44.3 Å². The number of hydrogen-bond acceptors (Lipinski definition) is 11. The van der Waals surface area contributed by atoms with Gasteiger partial charge < -0.3 is 41.1 Å². The van der Waals surface area contributed by atoms with E-state index in [2.05, 4.69) is 5.32 Å². The van der Waals surface area contributed by atoms with Gasteiger partial charge in [0.25, 0.3) is 5.91 Å². The van der Waals surface area contributed by atoms with Crippen molar-refractivity contribution in [1.29, 1.82) is 0 Å². The number of primary amides is 1. The molecule has 13 heteroatoms. The molecule has 1 unspecified atom stereocenters. The van der Waals surface area contributed by atoms with Crippen LogP contribution in [0.3, 0.4) is 0 Å². The van der Waals surface area contributed by atoms with E-state index in [9.17, 15) is 39.6 Å². The van der Waals surface area contributed by atoms with Gasteiger partial charge in [-0.05, 0) is 51.4 Å². The molecule has 4 atom stereocenters. The lowest BCUT2D eigenvalue weighted by Crippen LogP contribution is -2.65. The second-order valence-electron chi connectivity index (χ2n) is 10.7. The Bertz CT molecular complexity index is 1380. The molecule has 1 saturated carbocycles. The van der Waals surface area contributed by atoms with Crippen LogP contribution in [0, 0.1) is 11.8 Å². The molecule has 40 heavy (non-hydrogen) atoms. The second kappa shape index (κ2) is 10.1. The van der Waals surface area contributed by atoms with Crippen LogP contribution in [-0.2, 0) is 32.1 Å². The number of aliphatic hydroxyl groups is 3. The number of nitrogens with two attached hydrogens (primary N) is 1. The third-order valence-corrected chi connectivity index (χ3v) is 7.96. The first-order valence-corrected chi connectivity index (χ1v) is 12.8. The zero-order valence-corrected chi connectivity index (χ0v) is 22.9. The third kappa shape index (κ3) is 4.16. The molecule has 0 spiro atoms. The van der Waals surface area contributed by atoms with Gasteiger partial charge in [0, 0.05) is 43.4 Å². The third-order valence-electron chi connectivity index (χ3n) is 7.96. The molecule has 13 nitrogen and oxygen atoms in total. The molecule has 1 aromatic carbocycles. The molecule has 3 aliphatic carbocycles. The Morgan fingerprint density at radius 2 is 1.82 bits per heavy atom. The Labute approximate surface area is 230 Å². The van der Waals surface area contributed by atoms with Crippen molar-refractivity contribution >= 4 is 35.0 Å². The van der Waals surface area contributed by atoms with Crippen LogP contribution in [0.5, 0.6) is 5.75 Å². The molecule has 0 aliphatic heterocycles. The number of carbonyl (C=O) groups excluding carboxylic acids is 4. The number of hydrogen-bond donors (Lipinski definition) is 6. The summed E-state index contributed by atoms with van der Waals surface area (Å²) in [7, 11) is 6.60. The number of ether oxygens (including phenoxy) is 1. The Balaban J connectivity index is 1.92. The van der Waals surface area contributed by atoms with E-state index < -0.39 is 64.1 Å². The van der Waals surface area contributed by atoms with Crippen molar-refractivity contribution in [2.45, 2.75) is 38.0 Å². The van der Waals surface area contributed by atoms with Crippen LogP contribution in [0.1, 0.15) is 30.0 Å². The normalized spacial score (nSPS) is 25.8. The van der Waals surface area contributed by atoms with Crippen LogP contribution < -0.4 is 16.0 Å². The molecule has 0 aromatic heterocycles. The number of anilines is 1. The number of rotatable bonds is 6. The van der Waals surface area contributed by atoms with Gasteiger partial charge in [-0.2, -0.15) is 0 Å². The Hall–Kier alpha value is -4.10. The molecule has 7 N–H and O–H groups in total. The number of fused-ring (bicyclic) bond motifs is 3. The zero-order valence-electron chi connectivity index (χ0n) is 22.9. The minimum absolute atomic E-state index is 0.00838. The highest BCUT2D eigenvalue weighted by Crippen LogP contribution is 2.54. The highest BCUT2D eigenvalue weighted by atomic mass is 16.5. The van der Waals surface area contributed by atoms with Gasteiger partial charge in [0.15, 0.2) is 11.4 Å². The van der Waals surface area contributed by atoms with E-state index in [1.165, 1.54) is 4.90 Å². The number of aromatic hydroxyl groups is 1. The van der Waals surface area contributed by atoms with Crippen molar-refractivity contribution in [2.75, 3.05) is 39.7 Å². The van der Waals surface area contributed by atoms with Crippen molar-refractivity contribution in [3.05, 3.63) is 39.7 Å². The van der Waals surface area contributed by atoms with Crippen molar-refractivity contribution in [2.24, 2.45) is 17.6 Å². The fraction of sp³-hybridized carbons (Fsp3) is 0.481. The maximum atomic E-state index is 14.0. The number of nitrogens with zero attached hydrogens (tertiary/aromatic N) is 2. The number of carbonyl (C=O) groups is 4. The molecule has 1 aromatic rings. The second-order valence-corrected chi connectivity index (χ2v) is 10.7. The van der Waals surface area contributed by atoms with Crippen LogP contribution in [0.15, 0.2) is 23.0 Å². The van der Waals surface area contributed by atoms with Crippen LogP contribution in [0.2, 0.25) is 0 Å². The van der Waals surface area contributed by atoms with Crippen LogP contribution in [0.4, 0.5) is 10.5 Å². The molecular formula is C27H34N4O9. The molecule has 1 fully saturated rings. The summed E-state index contributed by atoms with van der Waals surface area (Å²) in [6, 6.07) is 0.496. The average molecular weight is 559 g/mol. The molecule has 0 heterocycles. The average Bonchev–Trinajstić information content (AvgIpc) is 2.85. The highest BCUT2D eigenvalue weighted by molar-refractivity contribution is 6.24. The van der Waals surface area contributed by atoms with Gasteiger partial charge >= 0.3 is 6.09 Å². The number of alkyl carbamates (subject to hydrolysis) is 1. The van der Waals surface area contributed by atoms with E-state index in [1.807, 2.05) is 0 Å². The van der Waals surface area contributed by atoms with Gasteiger partial charge in [0.05, 0.1) is 18.2 Å². The van der Waals surface area contributed by atoms with E-state index in [1.54, 1.807) is 46.1 Å². The van der Waals surface area contributed by atoms with Gasteiger partial charge in [-0.3, -0.25) is 19.3 Å². The number of phenolic OH excluding ortho intramolecular Hbond substituents is 1. The number of likely N-dealkylation sites (N-methyl/N-ethyl adjacent to an activating group) is 1. The van der Waals surface area contributed by atoms with Gasteiger partial charge in [0.1, 0.15) is 22.8 Å². The molecule has 3 aliphatic rings. The summed E-state index contributed by atoms with van der Waals surface area (Å²) >= 11 is 0. The summed E-state index contributed by atoms with van der Waals surface area (Å²) < 4.78 is 4.87. The summed E-state index contributed by atoms with van der Waals surface area (Å²) in [5.74, 6) is -7.17. The summed E-state index contributed by atoms with van der Waals surface area (Å²) in [4.78, 5) is 54.4. The number of phenols is 1. The summed E-state index contributed by atoms with van der Waals surface area (Å²) in [6.45, 7) is 1.63. The largest absolute Gasteiger partial charge is 0.508 e. The molecule has 0 radical (unpaired) electrons. The van der Waals surface area contributed by atoms with Gasteiger partial charge in [-0.15, -0.1) is 0 Å². The lowest BCUT2D eigenvalue weighted by molar-refractivity contribution is -0.153. The van der Waals surface area contributed by atoms with E-state index in [0.29, 0.717) is 11.3 Å². The first kappa shape index (κ1) is 28.9. The van der Waals surface area contributed by atoms with Crippen LogP contribution >= 0.6 is 0 Å². The first-order valence-electron chi connectivity index (χ1n) is 12.8. The van der Waals surface area contributed by atoms with Gasteiger partial charge in [0.2, 0.25) is 5.78 Å². The lowest BCUT2D eigenvalue weighted by Gasteiger charge is -2.50. The maximum absolute atomic E-state index is 14.0. The molecule has 2 amide bonds. The SMILES string of the molecule is CCOC(=O)NCc1cc(N(C)C)c2c(c1O)C(O)=C1C(=O)[C@@]3(O)C(O)=C(C(N)=O)C(=O)C(N(C)C)[C@H]3C[C@H]1C2. The smallest absolute Gasteiger partial charge is 0.407 e.